The maximum absolute atomic E-state index is 12.8. The van der Waals surface area contributed by atoms with Crippen molar-refractivity contribution in [3.8, 4) is 0 Å². The smallest absolute Gasteiger partial charge is 0.258 e. The molecule has 4 heteroatoms. The quantitative estimate of drug-likeness (QED) is 0.749. The number of aromatic nitrogens is 1. The first-order valence-corrected chi connectivity index (χ1v) is 7.93. The third-order valence-corrected chi connectivity index (χ3v) is 4.85. The van der Waals surface area contributed by atoms with Crippen LogP contribution >= 0.6 is 0 Å². The molecule has 2 aliphatic rings. The van der Waals surface area contributed by atoms with Crippen LogP contribution in [-0.2, 0) is 16.0 Å². The van der Waals surface area contributed by atoms with Crippen molar-refractivity contribution >= 4 is 16.8 Å². The van der Waals surface area contributed by atoms with E-state index in [0.29, 0.717) is 6.54 Å². The van der Waals surface area contributed by atoms with Crippen LogP contribution in [0.5, 0.6) is 0 Å². The number of nitrogens with one attached hydrogen (secondary N) is 1. The van der Waals surface area contributed by atoms with Crippen LogP contribution in [-0.4, -0.2) is 22.3 Å². The number of nitrogens with zero attached hydrogens (tertiary/aromatic N) is 1. The van der Waals surface area contributed by atoms with Crippen LogP contribution in [0.25, 0.3) is 10.9 Å². The van der Waals surface area contributed by atoms with E-state index in [4.69, 9.17) is 4.74 Å². The molecule has 0 radical (unpaired) electrons. The Labute approximate surface area is 133 Å². The summed E-state index contributed by atoms with van der Waals surface area (Å²) in [6.07, 6.45) is 0.0642. The second kappa shape index (κ2) is 4.70. The number of hydrogen-bond acceptors (Lipinski definition) is 2. The van der Waals surface area contributed by atoms with E-state index in [1.165, 1.54) is 10.9 Å². The summed E-state index contributed by atoms with van der Waals surface area (Å²) in [5, 5.41) is 1.24. The standard InChI is InChI=1S/C19H16N2O2/c22-18-17(12-6-2-1-3-7-12)23-19-16-14(10-11-21(18)19)13-8-4-5-9-15(13)20-16/h1-9,17,19-20H,10-11H2/t17-,19-/m0/s1. The zero-order valence-corrected chi connectivity index (χ0v) is 12.5. The van der Waals surface area contributed by atoms with Crippen molar-refractivity contribution in [1.82, 2.24) is 9.88 Å². The number of fused-ring (bicyclic) bond motifs is 5. The van der Waals surface area contributed by atoms with E-state index in [1.54, 1.807) is 0 Å². The van der Waals surface area contributed by atoms with Crippen LogP contribution < -0.4 is 0 Å². The van der Waals surface area contributed by atoms with Crippen LogP contribution in [0, 0.1) is 0 Å². The van der Waals surface area contributed by atoms with Gasteiger partial charge < -0.3 is 14.6 Å². The van der Waals surface area contributed by atoms with Gasteiger partial charge in [-0.25, -0.2) is 0 Å². The van der Waals surface area contributed by atoms with Gasteiger partial charge in [0, 0.05) is 17.4 Å². The highest BCUT2D eigenvalue weighted by atomic mass is 16.5. The van der Waals surface area contributed by atoms with Crippen LogP contribution in [0.15, 0.2) is 54.6 Å². The molecule has 114 valence electrons. The number of carbonyl (C=O) groups excluding carboxylic acids is 1. The molecule has 0 saturated carbocycles. The lowest BCUT2D eigenvalue weighted by atomic mass is 10.0. The Bertz CT molecular complexity index is 900. The zero-order valence-electron chi connectivity index (χ0n) is 12.5. The highest BCUT2D eigenvalue weighted by Crippen LogP contribution is 2.43. The highest BCUT2D eigenvalue weighted by Gasteiger charge is 2.45. The third kappa shape index (κ3) is 1.79. The summed E-state index contributed by atoms with van der Waals surface area (Å²) in [4.78, 5) is 18.1. The van der Waals surface area contributed by atoms with Crippen molar-refractivity contribution in [2.45, 2.75) is 18.8 Å². The summed E-state index contributed by atoms with van der Waals surface area (Å²) >= 11 is 0. The summed E-state index contributed by atoms with van der Waals surface area (Å²) in [7, 11) is 0. The number of benzene rings is 2. The van der Waals surface area contributed by atoms with E-state index >= 15 is 0 Å². The van der Waals surface area contributed by atoms with E-state index in [0.717, 1.165) is 23.2 Å². The molecule has 2 aromatic carbocycles. The van der Waals surface area contributed by atoms with Gasteiger partial charge in [-0.15, -0.1) is 0 Å². The monoisotopic (exact) mass is 304 g/mol. The molecule has 2 aliphatic heterocycles. The molecule has 0 aliphatic carbocycles. The molecule has 3 aromatic rings. The zero-order chi connectivity index (χ0) is 15.4. The Morgan fingerprint density at radius 2 is 1.83 bits per heavy atom. The minimum absolute atomic E-state index is 0.0607. The van der Waals surface area contributed by atoms with Crippen molar-refractivity contribution in [2.75, 3.05) is 6.54 Å². The molecule has 1 N–H and O–H groups in total. The lowest BCUT2D eigenvalue weighted by Gasteiger charge is -2.27. The summed E-state index contributed by atoms with van der Waals surface area (Å²) in [6.45, 7) is 0.710. The molecule has 5 rings (SSSR count). The van der Waals surface area contributed by atoms with Gasteiger partial charge in [-0.2, -0.15) is 0 Å². The first kappa shape index (κ1) is 12.9. The van der Waals surface area contributed by atoms with Gasteiger partial charge in [0.1, 0.15) is 0 Å². The largest absolute Gasteiger partial charge is 0.354 e. The molecule has 1 saturated heterocycles. The van der Waals surface area contributed by atoms with Crippen LogP contribution in [0.2, 0.25) is 0 Å². The molecule has 3 heterocycles. The highest BCUT2D eigenvalue weighted by molar-refractivity contribution is 5.88. The maximum Gasteiger partial charge on any atom is 0.258 e. The van der Waals surface area contributed by atoms with E-state index in [1.807, 2.05) is 41.3 Å². The van der Waals surface area contributed by atoms with Crippen molar-refractivity contribution in [1.29, 1.82) is 0 Å². The first-order chi connectivity index (χ1) is 11.3. The molecular weight excluding hydrogens is 288 g/mol. The third-order valence-electron chi connectivity index (χ3n) is 4.85. The number of ether oxygens (including phenoxy) is 1. The minimum Gasteiger partial charge on any atom is -0.354 e. The lowest BCUT2D eigenvalue weighted by Crippen LogP contribution is -2.35. The summed E-state index contributed by atoms with van der Waals surface area (Å²) < 4.78 is 6.16. The van der Waals surface area contributed by atoms with E-state index < -0.39 is 6.10 Å². The van der Waals surface area contributed by atoms with Gasteiger partial charge in [-0.3, -0.25) is 4.79 Å². The fraction of sp³-hybridized carbons (Fsp3) is 0.211. The van der Waals surface area contributed by atoms with Crippen LogP contribution in [0.3, 0.4) is 0 Å². The van der Waals surface area contributed by atoms with Gasteiger partial charge >= 0.3 is 0 Å². The number of rotatable bonds is 1. The van der Waals surface area contributed by atoms with E-state index in [9.17, 15) is 4.79 Å². The minimum atomic E-state index is -0.501. The Hall–Kier alpha value is -2.59. The van der Waals surface area contributed by atoms with Crippen molar-refractivity contribution in [2.24, 2.45) is 0 Å². The Morgan fingerprint density at radius 1 is 1.04 bits per heavy atom. The predicted octanol–water partition coefficient (Wildman–Crippen LogP) is 3.32. The average molecular weight is 304 g/mol. The molecule has 23 heavy (non-hydrogen) atoms. The number of para-hydroxylation sites is 1. The number of aromatic amines is 1. The van der Waals surface area contributed by atoms with E-state index in [-0.39, 0.29) is 12.1 Å². The van der Waals surface area contributed by atoms with Gasteiger partial charge in [0.05, 0.1) is 5.69 Å². The first-order valence-electron chi connectivity index (χ1n) is 7.93. The second-order valence-corrected chi connectivity index (χ2v) is 6.12. The number of H-pyrrole nitrogens is 1. The Balaban J connectivity index is 1.60. The normalized spacial score (nSPS) is 23.1. The second-order valence-electron chi connectivity index (χ2n) is 6.12. The van der Waals surface area contributed by atoms with Gasteiger partial charge in [0.15, 0.2) is 12.3 Å². The molecule has 1 aromatic heterocycles. The summed E-state index contributed by atoms with van der Waals surface area (Å²) in [5.74, 6) is 0.0607. The summed E-state index contributed by atoms with van der Waals surface area (Å²) in [5.41, 5.74) is 4.34. The Morgan fingerprint density at radius 3 is 2.70 bits per heavy atom. The van der Waals surface area contributed by atoms with Gasteiger partial charge in [-0.1, -0.05) is 48.5 Å². The average Bonchev–Trinajstić information content (AvgIpc) is 3.14. The van der Waals surface area contributed by atoms with E-state index in [2.05, 4.69) is 23.2 Å². The molecule has 2 atom stereocenters. The topological polar surface area (TPSA) is 45.3 Å². The fourth-order valence-electron chi connectivity index (χ4n) is 3.76. The molecule has 0 unspecified atom stereocenters. The van der Waals surface area contributed by atoms with Crippen molar-refractivity contribution in [3.63, 3.8) is 0 Å². The number of amides is 1. The molecule has 1 fully saturated rings. The number of hydrogen-bond donors (Lipinski definition) is 1. The molecule has 1 amide bonds. The number of carbonyl (C=O) groups is 1. The Kier molecular flexibility index (Phi) is 2.64. The van der Waals surface area contributed by atoms with Crippen LogP contribution in [0.4, 0.5) is 0 Å². The van der Waals surface area contributed by atoms with Gasteiger partial charge in [-0.05, 0) is 23.6 Å². The lowest BCUT2D eigenvalue weighted by molar-refractivity contribution is -0.130. The van der Waals surface area contributed by atoms with Crippen LogP contribution in [0.1, 0.15) is 29.2 Å². The molecule has 0 spiro atoms. The SMILES string of the molecule is O=C1[C@H](c2ccccc2)O[C@H]2c3[nH]c4ccccc4c3CCN12. The van der Waals surface area contributed by atoms with Gasteiger partial charge in [0.2, 0.25) is 0 Å². The maximum atomic E-state index is 12.8. The molecule has 4 nitrogen and oxygen atoms in total. The fourth-order valence-corrected chi connectivity index (χ4v) is 3.76. The van der Waals surface area contributed by atoms with Crippen molar-refractivity contribution in [3.05, 3.63) is 71.4 Å². The molecular formula is C19H16N2O2. The predicted molar refractivity (Wildman–Crippen MR) is 86.7 cm³/mol. The van der Waals surface area contributed by atoms with Crippen molar-refractivity contribution < 1.29 is 9.53 Å². The molecule has 0 bridgehead atoms. The summed E-state index contributed by atoms with van der Waals surface area (Å²) in [6, 6.07) is 18.0. The van der Waals surface area contributed by atoms with Gasteiger partial charge in [0.25, 0.3) is 5.91 Å².